The monoisotopic (exact) mass is 378 g/mol. The van der Waals surface area contributed by atoms with Gasteiger partial charge in [0, 0.05) is 56.8 Å². The molecule has 2 aromatic heterocycles. The molecule has 0 saturated carbocycles. The number of aromatic nitrogens is 3. The van der Waals surface area contributed by atoms with Crippen molar-refractivity contribution in [2.24, 2.45) is 0 Å². The van der Waals surface area contributed by atoms with Gasteiger partial charge in [-0.05, 0) is 32.0 Å². The number of carbonyl (C=O) groups is 1. The summed E-state index contributed by atoms with van der Waals surface area (Å²) in [5.74, 6) is -0.110. The molecule has 3 aromatic rings. The summed E-state index contributed by atoms with van der Waals surface area (Å²) in [5.41, 5.74) is 3.13. The average Bonchev–Trinajstić information content (AvgIpc) is 3.08. The molecule has 1 saturated heterocycles. The van der Waals surface area contributed by atoms with E-state index < -0.39 is 0 Å². The first-order valence-corrected chi connectivity index (χ1v) is 9.75. The molecule has 1 aliphatic heterocycles. The SMILES string of the molecule is Cc1nn2cccnc2c1C(=O)NC[C@@H](C)N1CCN(c2ccccc2)CC1. The van der Waals surface area contributed by atoms with Crippen molar-refractivity contribution >= 4 is 17.2 Å². The average molecular weight is 378 g/mol. The van der Waals surface area contributed by atoms with Crippen LogP contribution in [0.15, 0.2) is 48.8 Å². The lowest BCUT2D eigenvalue weighted by Gasteiger charge is -2.39. The molecule has 1 atom stereocenters. The maximum absolute atomic E-state index is 12.7. The molecule has 0 spiro atoms. The number of aryl methyl sites for hydroxylation is 1. The van der Waals surface area contributed by atoms with Crippen LogP contribution in [0, 0.1) is 6.92 Å². The van der Waals surface area contributed by atoms with E-state index in [-0.39, 0.29) is 11.9 Å². The highest BCUT2D eigenvalue weighted by molar-refractivity contribution is 6.00. The highest BCUT2D eigenvalue weighted by Gasteiger charge is 2.23. The Hall–Kier alpha value is -2.93. The van der Waals surface area contributed by atoms with Gasteiger partial charge >= 0.3 is 0 Å². The van der Waals surface area contributed by atoms with E-state index in [0.717, 1.165) is 26.2 Å². The summed E-state index contributed by atoms with van der Waals surface area (Å²) < 4.78 is 1.65. The molecule has 28 heavy (non-hydrogen) atoms. The molecule has 1 amide bonds. The van der Waals surface area contributed by atoms with Crippen molar-refractivity contribution in [1.29, 1.82) is 0 Å². The number of nitrogens with one attached hydrogen (secondary N) is 1. The van der Waals surface area contributed by atoms with Crippen LogP contribution in [-0.2, 0) is 0 Å². The second kappa shape index (κ2) is 7.98. The summed E-state index contributed by atoms with van der Waals surface area (Å²) in [6.45, 7) is 8.59. The van der Waals surface area contributed by atoms with Gasteiger partial charge in [0.05, 0.1) is 5.69 Å². The van der Waals surface area contributed by atoms with Crippen LogP contribution in [0.1, 0.15) is 23.0 Å². The zero-order chi connectivity index (χ0) is 19.5. The third-order valence-electron chi connectivity index (χ3n) is 5.41. The van der Waals surface area contributed by atoms with Crippen molar-refractivity contribution in [2.75, 3.05) is 37.6 Å². The van der Waals surface area contributed by atoms with E-state index in [0.29, 0.717) is 23.4 Å². The van der Waals surface area contributed by atoms with Gasteiger partial charge < -0.3 is 10.2 Å². The van der Waals surface area contributed by atoms with E-state index >= 15 is 0 Å². The number of rotatable bonds is 5. The smallest absolute Gasteiger partial charge is 0.257 e. The number of hydrogen-bond acceptors (Lipinski definition) is 5. The van der Waals surface area contributed by atoms with Gasteiger partial charge in [-0.25, -0.2) is 9.50 Å². The van der Waals surface area contributed by atoms with Crippen LogP contribution in [0.5, 0.6) is 0 Å². The molecule has 0 radical (unpaired) electrons. The number of amides is 1. The molecule has 1 aliphatic rings. The zero-order valence-corrected chi connectivity index (χ0v) is 16.4. The Labute approximate surface area is 165 Å². The van der Waals surface area contributed by atoms with E-state index in [1.807, 2.05) is 13.0 Å². The molecular formula is C21H26N6O. The maximum atomic E-state index is 12.7. The first-order valence-electron chi connectivity index (χ1n) is 9.75. The van der Waals surface area contributed by atoms with Gasteiger partial charge in [-0.3, -0.25) is 9.69 Å². The molecule has 4 rings (SSSR count). The van der Waals surface area contributed by atoms with Crippen LogP contribution in [-0.4, -0.2) is 64.2 Å². The Bertz CT molecular complexity index is 946. The molecule has 7 nitrogen and oxygen atoms in total. The van der Waals surface area contributed by atoms with Gasteiger partial charge in [0.2, 0.25) is 0 Å². The maximum Gasteiger partial charge on any atom is 0.257 e. The summed E-state index contributed by atoms with van der Waals surface area (Å²) >= 11 is 0. The van der Waals surface area contributed by atoms with Crippen LogP contribution in [0.25, 0.3) is 5.65 Å². The Kier molecular flexibility index (Phi) is 5.25. The summed E-state index contributed by atoms with van der Waals surface area (Å²) in [5, 5.41) is 7.44. The highest BCUT2D eigenvalue weighted by Crippen LogP contribution is 2.17. The summed E-state index contributed by atoms with van der Waals surface area (Å²) in [7, 11) is 0. The van der Waals surface area contributed by atoms with Gasteiger partial charge in [-0.15, -0.1) is 0 Å². The highest BCUT2D eigenvalue weighted by atomic mass is 16.1. The topological polar surface area (TPSA) is 65.8 Å². The Morgan fingerprint density at radius 2 is 1.89 bits per heavy atom. The third kappa shape index (κ3) is 3.71. The van der Waals surface area contributed by atoms with E-state index in [1.165, 1.54) is 5.69 Å². The predicted octanol–water partition coefficient (Wildman–Crippen LogP) is 1.98. The number of anilines is 1. The van der Waals surface area contributed by atoms with Crippen LogP contribution in [0.3, 0.4) is 0 Å². The van der Waals surface area contributed by atoms with Crippen molar-refractivity contribution < 1.29 is 4.79 Å². The molecule has 1 fully saturated rings. The number of para-hydroxylation sites is 1. The Morgan fingerprint density at radius 1 is 1.14 bits per heavy atom. The van der Waals surface area contributed by atoms with E-state index in [4.69, 9.17) is 0 Å². The van der Waals surface area contributed by atoms with Crippen LogP contribution in [0.4, 0.5) is 5.69 Å². The minimum Gasteiger partial charge on any atom is -0.369 e. The lowest BCUT2D eigenvalue weighted by molar-refractivity contribution is 0.0935. The van der Waals surface area contributed by atoms with Gasteiger partial charge in [0.1, 0.15) is 5.56 Å². The fraction of sp³-hybridized carbons (Fsp3) is 0.381. The van der Waals surface area contributed by atoms with Crippen molar-refractivity contribution in [3.63, 3.8) is 0 Å². The first kappa shape index (κ1) is 18.4. The van der Waals surface area contributed by atoms with E-state index in [2.05, 4.69) is 56.4 Å². The molecule has 1 aromatic carbocycles. The number of piperazine rings is 1. The van der Waals surface area contributed by atoms with Gasteiger partial charge in [0.25, 0.3) is 5.91 Å². The van der Waals surface area contributed by atoms with Gasteiger partial charge in [-0.2, -0.15) is 5.10 Å². The predicted molar refractivity (Wildman–Crippen MR) is 110 cm³/mol. The molecule has 0 unspecified atom stereocenters. The number of fused-ring (bicyclic) bond motifs is 1. The third-order valence-corrected chi connectivity index (χ3v) is 5.41. The minimum absolute atomic E-state index is 0.110. The molecule has 3 heterocycles. The molecule has 1 N–H and O–H groups in total. The summed E-state index contributed by atoms with van der Waals surface area (Å²) in [4.78, 5) is 21.9. The normalized spacial score (nSPS) is 16.3. The number of nitrogens with zero attached hydrogens (tertiary/aromatic N) is 5. The quantitative estimate of drug-likeness (QED) is 0.735. The number of hydrogen-bond donors (Lipinski definition) is 1. The fourth-order valence-electron chi connectivity index (χ4n) is 3.78. The summed E-state index contributed by atoms with van der Waals surface area (Å²) in [6.07, 6.45) is 3.49. The first-order chi connectivity index (χ1) is 13.6. The van der Waals surface area contributed by atoms with Crippen molar-refractivity contribution in [3.8, 4) is 0 Å². The molecule has 0 bridgehead atoms. The lowest BCUT2D eigenvalue weighted by Crippen LogP contribution is -2.52. The molecular weight excluding hydrogens is 352 g/mol. The van der Waals surface area contributed by atoms with Crippen LogP contribution < -0.4 is 10.2 Å². The molecule has 7 heteroatoms. The van der Waals surface area contributed by atoms with Crippen molar-refractivity contribution in [2.45, 2.75) is 19.9 Å². The van der Waals surface area contributed by atoms with Crippen molar-refractivity contribution in [1.82, 2.24) is 24.8 Å². The zero-order valence-electron chi connectivity index (χ0n) is 16.4. The van der Waals surface area contributed by atoms with Crippen molar-refractivity contribution in [3.05, 3.63) is 60.0 Å². The molecule has 146 valence electrons. The standard InChI is InChI=1S/C21H26N6O/c1-16(25-11-13-26(14-12-25)18-7-4-3-5-8-18)15-23-21(28)19-17(2)24-27-10-6-9-22-20(19)27/h3-10,16H,11-15H2,1-2H3,(H,23,28)/t16-/m1/s1. The van der Waals surface area contributed by atoms with Gasteiger partial charge in [-0.1, -0.05) is 18.2 Å². The largest absolute Gasteiger partial charge is 0.369 e. The summed E-state index contributed by atoms with van der Waals surface area (Å²) in [6, 6.07) is 12.6. The Balaban J connectivity index is 1.33. The fourth-order valence-corrected chi connectivity index (χ4v) is 3.78. The lowest BCUT2D eigenvalue weighted by atomic mass is 10.2. The minimum atomic E-state index is -0.110. The van der Waals surface area contributed by atoms with E-state index in [1.54, 1.807) is 23.0 Å². The second-order valence-corrected chi connectivity index (χ2v) is 7.27. The Morgan fingerprint density at radius 3 is 2.64 bits per heavy atom. The molecule has 0 aliphatic carbocycles. The number of carbonyl (C=O) groups excluding carboxylic acids is 1. The van der Waals surface area contributed by atoms with Crippen LogP contribution in [0.2, 0.25) is 0 Å². The van der Waals surface area contributed by atoms with E-state index in [9.17, 15) is 4.79 Å². The second-order valence-electron chi connectivity index (χ2n) is 7.27. The number of benzene rings is 1. The van der Waals surface area contributed by atoms with Crippen LogP contribution >= 0.6 is 0 Å². The van der Waals surface area contributed by atoms with Gasteiger partial charge in [0.15, 0.2) is 5.65 Å².